The van der Waals surface area contributed by atoms with Crippen molar-refractivity contribution < 1.29 is 80.1 Å². The Morgan fingerprint density at radius 2 is 0.824 bits per heavy atom. The first kappa shape index (κ1) is 32.2. The average Bonchev–Trinajstić information content (AvgIpc) is 2.59. The summed E-state index contributed by atoms with van der Waals surface area (Å²) in [6.45, 7) is -1.24. The minimum atomic E-state index is -6.94. The number of alkyl halides is 15. The van der Waals surface area contributed by atoms with Gasteiger partial charge in [-0.25, -0.2) is 18.0 Å². The Hall–Kier alpha value is -1.78. The summed E-state index contributed by atoms with van der Waals surface area (Å²) in [5.74, 6) is -38.9. The van der Waals surface area contributed by atoms with E-state index in [0.717, 1.165) is 0 Å². The van der Waals surface area contributed by atoms with Gasteiger partial charge in [0.05, 0.1) is 0 Å². The third-order valence-electron chi connectivity index (χ3n) is 4.59. The first-order valence-electron chi connectivity index (χ1n) is 8.60. The Balaban J connectivity index is 6.06. The molecule has 0 heterocycles. The highest BCUT2D eigenvalue weighted by molar-refractivity contribution is 5.61. The summed E-state index contributed by atoms with van der Waals surface area (Å²) < 4.78 is 208. The monoisotopic (exact) mass is 542 g/mol. The van der Waals surface area contributed by atoms with E-state index >= 15 is 0 Å². The van der Waals surface area contributed by atoms with E-state index in [1.165, 1.54) is 0 Å². The molecule has 0 bridgehead atoms. The lowest BCUT2D eigenvalue weighted by Gasteiger charge is -2.42. The van der Waals surface area contributed by atoms with Gasteiger partial charge in [-0.3, -0.25) is 0 Å². The molecule has 3 nitrogen and oxygen atoms in total. The number of carbonyl (C=O) groups is 1. The molecule has 0 aliphatic heterocycles. The first-order valence-corrected chi connectivity index (χ1v) is 8.60. The lowest BCUT2D eigenvalue weighted by Crippen LogP contribution is -2.67. The van der Waals surface area contributed by atoms with Crippen molar-refractivity contribution in [1.29, 1.82) is 0 Å². The molecule has 0 spiro atoms. The average molecular weight is 542 g/mol. The number of carbonyl (C=O) groups excluding carboxylic acids is 1. The number of ether oxygens (including phenoxy) is 2. The largest absolute Gasteiger partial charge is 0.509 e. The SMILES string of the molecule is CC(F)C(F)(F)C(F)(F)C(F)(F)C(C)(C)OC(=O)OC(C)(C)C(F)(F)C(F)(F)C(F)(F)C(F)F. The van der Waals surface area contributed by atoms with Crippen molar-refractivity contribution in [3.05, 3.63) is 0 Å². The van der Waals surface area contributed by atoms with Gasteiger partial charge >= 0.3 is 48.1 Å². The molecule has 0 aromatic carbocycles. The van der Waals surface area contributed by atoms with E-state index in [4.69, 9.17) is 0 Å². The number of hydrogen-bond acceptors (Lipinski definition) is 3. The molecule has 0 fully saturated rings. The number of halogens is 15. The standard InChI is InChI=1S/C16H17F15O3/c1-6(17)11(20,21)15(28,29)13(24,25)9(2,3)33-8(32)34-10(4,5)14(26,27)16(30,31)12(22,23)7(18)19/h6-7H,1-5H3. The molecule has 0 N–H and O–H groups in total. The smallest absolute Gasteiger partial charge is 0.422 e. The van der Waals surface area contributed by atoms with Crippen LogP contribution in [0.2, 0.25) is 0 Å². The summed E-state index contributed by atoms with van der Waals surface area (Å²) in [4.78, 5) is 11.6. The highest BCUT2D eigenvalue weighted by Gasteiger charge is 2.81. The maximum Gasteiger partial charge on any atom is 0.509 e. The van der Waals surface area contributed by atoms with Crippen molar-refractivity contribution in [3.63, 3.8) is 0 Å². The Bertz CT molecular complexity index is 684. The van der Waals surface area contributed by atoms with Gasteiger partial charge < -0.3 is 9.47 Å². The molecular weight excluding hydrogens is 525 g/mol. The van der Waals surface area contributed by atoms with E-state index in [2.05, 4.69) is 9.47 Å². The van der Waals surface area contributed by atoms with Crippen LogP contribution >= 0.6 is 0 Å². The van der Waals surface area contributed by atoms with Crippen LogP contribution in [-0.2, 0) is 9.47 Å². The zero-order valence-electron chi connectivity index (χ0n) is 17.5. The first-order chi connectivity index (χ1) is 14.5. The van der Waals surface area contributed by atoms with E-state index in [-0.39, 0.29) is 34.6 Å². The highest BCUT2D eigenvalue weighted by Crippen LogP contribution is 2.55. The fourth-order valence-corrected chi connectivity index (χ4v) is 2.13. The van der Waals surface area contributed by atoms with Crippen molar-refractivity contribution >= 4 is 6.16 Å². The van der Waals surface area contributed by atoms with Crippen LogP contribution in [-0.4, -0.2) is 65.5 Å². The Morgan fingerprint density at radius 1 is 0.559 bits per heavy atom. The van der Waals surface area contributed by atoms with Gasteiger partial charge in [-0.1, -0.05) is 0 Å². The van der Waals surface area contributed by atoms with E-state index in [9.17, 15) is 70.7 Å². The third-order valence-corrected chi connectivity index (χ3v) is 4.59. The van der Waals surface area contributed by atoms with Crippen LogP contribution in [0.5, 0.6) is 0 Å². The molecule has 0 aromatic rings. The van der Waals surface area contributed by atoms with Gasteiger partial charge in [0.25, 0.3) is 0 Å². The van der Waals surface area contributed by atoms with Gasteiger partial charge in [0.15, 0.2) is 17.4 Å². The van der Waals surface area contributed by atoms with Crippen LogP contribution in [0.4, 0.5) is 70.7 Å². The van der Waals surface area contributed by atoms with Crippen LogP contribution in [0, 0.1) is 0 Å². The molecule has 0 saturated carbocycles. The molecule has 0 amide bonds. The molecule has 0 aromatic heterocycles. The molecule has 18 heteroatoms. The zero-order valence-corrected chi connectivity index (χ0v) is 17.5. The molecule has 1 atom stereocenters. The number of rotatable bonds is 10. The van der Waals surface area contributed by atoms with Crippen LogP contribution in [0.3, 0.4) is 0 Å². The van der Waals surface area contributed by atoms with Gasteiger partial charge in [-0.05, 0) is 34.6 Å². The van der Waals surface area contributed by atoms with E-state index in [1.807, 2.05) is 0 Å². The number of hydrogen-bond donors (Lipinski definition) is 0. The fraction of sp³-hybridized carbons (Fsp3) is 0.938. The third kappa shape index (κ3) is 4.68. The summed E-state index contributed by atoms with van der Waals surface area (Å²) >= 11 is 0. The Morgan fingerprint density at radius 3 is 1.06 bits per heavy atom. The van der Waals surface area contributed by atoms with Crippen molar-refractivity contribution in [2.24, 2.45) is 0 Å². The molecule has 34 heavy (non-hydrogen) atoms. The minimum absolute atomic E-state index is 0.216. The normalized spacial score (nSPS) is 16.5. The Kier molecular flexibility index (Phi) is 8.25. The summed E-state index contributed by atoms with van der Waals surface area (Å²) in [5.41, 5.74) is -8.43. The maximum absolute atomic E-state index is 14.1. The van der Waals surface area contributed by atoms with Gasteiger partial charge in [0.2, 0.25) is 0 Å². The van der Waals surface area contributed by atoms with Crippen LogP contribution in [0.15, 0.2) is 0 Å². The van der Waals surface area contributed by atoms with Gasteiger partial charge in [0, 0.05) is 0 Å². The maximum atomic E-state index is 14.1. The predicted molar refractivity (Wildman–Crippen MR) is 82.0 cm³/mol. The van der Waals surface area contributed by atoms with Crippen LogP contribution in [0.1, 0.15) is 34.6 Å². The molecule has 0 rings (SSSR count). The minimum Gasteiger partial charge on any atom is -0.422 e. The molecule has 0 radical (unpaired) electrons. The topological polar surface area (TPSA) is 35.5 Å². The van der Waals surface area contributed by atoms with Gasteiger partial charge in [0.1, 0.15) is 0 Å². The second-order valence-electron chi connectivity index (χ2n) is 7.93. The molecule has 0 saturated heterocycles. The quantitative estimate of drug-likeness (QED) is 0.218. The molecule has 204 valence electrons. The Labute approximate surface area is 181 Å². The molecule has 0 aliphatic carbocycles. The van der Waals surface area contributed by atoms with Gasteiger partial charge in [-0.2, -0.15) is 52.7 Å². The van der Waals surface area contributed by atoms with Crippen molar-refractivity contribution in [1.82, 2.24) is 0 Å². The van der Waals surface area contributed by atoms with E-state index < -0.39 is 65.5 Å². The zero-order chi connectivity index (χ0) is 28.1. The molecule has 1 unspecified atom stereocenters. The van der Waals surface area contributed by atoms with Crippen LogP contribution < -0.4 is 0 Å². The molecular formula is C16H17F15O3. The van der Waals surface area contributed by atoms with Crippen molar-refractivity contribution in [3.8, 4) is 0 Å². The van der Waals surface area contributed by atoms with E-state index in [0.29, 0.717) is 0 Å². The summed E-state index contributed by atoms with van der Waals surface area (Å²) in [5, 5.41) is 0. The highest BCUT2D eigenvalue weighted by atomic mass is 19.4. The summed E-state index contributed by atoms with van der Waals surface area (Å²) in [6.07, 6.45) is -12.2. The van der Waals surface area contributed by atoms with E-state index in [1.54, 1.807) is 0 Å². The van der Waals surface area contributed by atoms with Crippen LogP contribution in [0.25, 0.3) is 0 Å². The summed E-state index contributed by atoms with van der Waals surface area (Å²) in [7, 11) is 0. The lowest BCUT2D eigenvalue weighted by atomic mass is 9.89. The van der Waals surface area contributed by atoms with Crippen molar-refractivity contribution in [2.75, 3.05) is 0 Å². The summed E-state index contributed by atoms with van der Waals surface area (Å²) in [6, 6.07) is 0. The van der Waals surface area contributed by atoms with Crippen molar-refractivity contribution in [2.45, 2.75) is 94.0 Å². The van der Waals surface area contributed by atoms with Gasteiger partial charge in [-0.15, -0.1) is 0 Å². The lowest BCUT2D eigenvalue weighted by molar-refractivity contribution is -0.374. The molecule has 0 aliphatic rings. The second-order valence-corrected chi connectivity index (χ2v) is 7.93. The second kappa shape index (κ2) is 8.71. The predicted octanol–water partition coefficient (Wildman–Crippen LogP) is 7.13. The fourth-order valence-electron chi connectivity index (χ4n) is 2.13.